The Kier molecular flexibility index (Phi) is 5.30. The molecule has 0 saturated carbocycles. The molecular weight excluding hydrogens is 244 g/mol. The first-order valence-corrected chi connectivity index (χ1v) is 6.98. The molecule has 1 rings (SSSR count). The van der Waals surface area contributed by atoms with E-state index >= 15 is 0 Å². The Morgan fingerprint density at radius 1 is 1.59 bits per heavy atom. The van der Waals surface area contributed by atoms with Crippen molar-refractivity contribution in [3.05, 3.63) is 28.0 Å². The van der Waals surface area contributed by atoms with Gasteiger partial charge in [-0.05, 0) is 19.4 Å². The molecule has 1 aromatic heterocycles. The highest BCUT2D eigenvalue weighted by Crippen LogP contribution is 2.15. The third-order valence-corrected chi connectivity index (χ3v) is 3.10. The van der Waals surface area contributed by atoms with E-state index in [1.807, 2.05) is 6.92 Å². The van der Waals surface area contributed by atoms with Gasteiger partial charge in [0.2, 0.25) is 0 Å². The van der Waals surface area contributed by atoms with Gasteiger partial charge in [-0.25, -0.2) is 0 Å². The van der Waals surface area contributed by atoms with E-state index in [0.29, 0.717) is 18.1 Å². The van der Waals surface area contributed by atoms with Crippen LogP contribution in [-0.2, 0) is 17.3 Å². The molecule has 2 unspecified atom stereocenters. The predicted octanol–water partition coefficient (Wildman–Crippen LogP) is 1.43. The lowest BCUT2D eigenvalue weighted by molar-refractivity contribution is -0.402. The highest BCUT2D eigenvalue weighted by molar-refractivity contribution is 7.84. The number of nitro groups is 1. The van der Waals surface area contributed by atoms with Crippen LogP contribution in [0.15, 0.2) is 16.5 Å². The van der Waals surface area contributed by atoms with Crippen LogP contribution in [-0.4, -0.2) is 27.2 Å². The number of hydrogen-bond acceptors (Lipinski definition) is 5. The molecule has 0 aliphatic heterocycles. The highest BCUT2D eigenvalue weighted by atomic mass is 32.2. The first-order chi connectivity index (χ1) is 7.99. The highest BCUT2D eigenvalue weighted by Gasteiger charge is 2.12. The van der Waals surface area contributed by atoms with Crippen molar-refractivity contribution in [3.8, 4) is 0 Å². The second-order valence-corrected chi connectivity index (χ2v) is 5.40. The van der Waals surface area contributed by atoms with Gasteiger partial charge in [0.15, 0.2) is 0 Å². The van der Waals surface area contributed by atoms with E-state index in [1.54, 1.807) is 12.3 Å². The first-order valence-electron chi connectivity index (χ1n) is 5.25. The molecule has 1 aromatic rings. The topological polar surface area (TPSA) is 85.4 Å². The summed E-state index contributed by atoms with van der Waals surface area (Å²) in [6, 6.07) is 3.11. The van der Waals surface area contributed by atoms with Crippen LogP contribution in [0, 0.1) is 10.1 Å². The van der Waals surface area contributed by atoms with E-state index < -0.39 is 15.7 Å². The summed E-state index contributed by atoms with van der Waals surface area (Å²) >= 11 is 0. The van der Waals surface area contributed by atoms with E-state index in [0.717, 1.165) is 6.42 Å². The van der Waals surface area contributed by atoms with Gasteiger partial charge in [0.1, 0.15) is 10.7 Å². The third-order valence-electron chi connectivity index (χ3n) is 2.29. The number of hydrogen-bond donors (Lipinski definition) is 1. The average Bonchev–Trinajstić information content (AvgIpc) is 2.72. The Bertz CT molecular complexity index is 405. The molecule has 1 heterocycles. The van der Waals surface area contributed by atoms with Crippen LogP contribution in [0.5, 0.6) is 0 Å². The van der Waals surface area contributed by atoms with Gasteiger partial charge in [0.05, 0.1) is 12.6 Å². The molecule has 0 bridgehead atoms. The number of rotatable bonds is 7. The Morgan fingerprint density at radius 2 is 2.29 bits per heavy atom. The van der Waals surface area contributed by atoms with Crippen molar-refractivity contribution in [2.45, 2.75) is 25.9 Å². The molecule has 17 heavy (non-hydrogen) atoms. The van der Waals surface area contributed by atoms with Gasteiger partial charge in [-0.1, -0.05) is 0 Å². The van der Waals surface area contributed by atoms with Crippen LogP contribution < -0.4 is 5.32 Å². The number of nitrogens with one attached hydrogen (secondary N) is 1. The van der Waals surface area contributed by atoms with E-state index in [2.05, 4.69) is 5.32 Å². The second kappa shape index (κ2) is 6.51. The van der Waals surface area contributed by atoms with Crippen molar-refractivity contribution >= 4 is 16.7 Å². The van der Waals surface area contributed by atoms with Crippen molar-refractivity contribution in [2.24, 2.45) is 0 Å². The zero-order chi connectivity index (χ0) is 12.8. The van der Waals surface area contributed by atoms with Crippen LogP contribution >= 0.6 is 0 Å². The van der Waals surface area contributed by atoms with Crippen molar-refractivity contribution < 1.29 is 13.5 Å². The third kappa shape index (κ3) is 5.10. The smallest absolute Gasteiger partial charge is 0.404 e. The van der Waals surface area contributed by atoms with Gasteiger partial charge in [0, 0.05) is 28.9 Å². The molecule has 0 aromatic carbocycles. The molecule has 0 amide bonds. The molecule has 7 heteroatoms. The standard InChI is InChI=1S/C10H16N2O4S/c1-8(5-6-17(2)15)11-7-9-3-4-10(16-9)12(13)14/h3-4,8,11H,5-7H2,1-2H3. The van der Waals surface area contributed by atoms with Crippen LogP contribution in [0.2, 0.25) is 0 Å². The van der Waals surface area contributed by atoms with E-state index in [1.165, 1.54) is 6.07 Å². The van der Waals surface area contributed by atoms with Gasteiger partial charge in [-0.2, -0.15) is 0 Å². The lowest BCUT2D eigenvalue weighted by Gasteiger charge is -2.11. The van der Waals surface area contributed by atoms with Gasteiger partial charge in [-0.3, -0.25) is 14.3 Å². The van der Waals surface area contributed by atoms with Crippen LogP contribution in [0.1, 0.15) is 19.1 Å². The maximum Gasteiger partial charge on any atom is 0.433 e. The molecule has 0 saturated heterocycles. The normalized spacial score (nSPS) is 14.5. The van der Waals surface area contributed by atoms with Crippen LogP contribution in [0.25, 0.3) is 0 Å². The molecular formula is C10H16N2O4S. The van der Waals surface area contributed by atoms with Crippen molar-refractivity contribution in [1.82, 2.24) is 5.32 Å². The Labute approximate surface area is 102 Å². The van der Waals surface area contributed by atoms with Gasteiger partial charge in [0.25, 0.3) is 0 Å². The summed E-state index contributed by atoms with van der Waals surface area (Å²) in [5.74, 6) is 0.928. The molecule has 0 fully saturated rings. The largest absolute Gasteiger partial charge is 0.433 e. The fourth-order valence-electron chi connectivity index (χ4n) is 1.28. The number of furan rings is 1. The van der Waals surface area contributed by atoms with Crippen molar-refractivity contribution in [2.75, 3.05) is 12.0 Å². The Morgan fingerprint density at radius 3 is 2.82 bits per heavy atom. The first kappa shape index (κ1) is 13.9. The van der Waals surface area contributed by atoms with Crippen LogP contribution in [0.4, 0.5) is 5.88 Å². The van der Waals surface area contributed by atoms with E-state index in [4.69, 9.17) is 4.42 Å². The number of nitrogens with zero attached hydrogens (tertiary/aromatic N) is 1. The summed E-state index contributed by atoms with van der Waals surface area (Å²) in [4.78, 5) is 9.83. The maximum atomic E-state index is 10.9. The van der Waals surface area contributed by atoms with Crippen molar-refractivity contribution in [1.29, 1.82) is 0 Å². The summed E-state index contributed by atoms with van der Waals surface area (Å²) in [5.41, 5.74) is 0. The summed E-state index contributed by atoms with van der Waals surface area (Å²) in [6.45, 7) is 2.41. The van der Waals surface area contributed by atoms with Gasteiger partial charge < -0.3 is 9.73 Å². The summed E-state index contributed by atoms with van der Waals surface area (Å²) < 4.78 is 15.9. The molecule has 0 radical (unpaired) electrons. The minimum absolute atomic E-state index is 0.197. The van der Waals surface area contributed by atoms with Crippen LogP contribution in [0.3, 0.4) is 0 Å². The predicted molar refractivity (Wildman–Crippen MR) is 65.2 cm³/mol. The molecule has 0 aliphatic carbocycles. The molecule has 6 nitrogen and oxygen atoms in total. The Hall–Kier alpha value is -1.21. The Balaban J connectivity index is 2.34. The molecule has 96 valence electrons. The molecule has 0 aliphatic rings. The molecule has 2 atom stereocenters. The monoisotopic (exact) mass is 260 g/mol. The summed E-state index contributed by atoms with van der Waals surface area (Å²) in [7, 11) is -0.789. The maximum absolute atomic E-state index is 10.9. The summed E-state index contributed by atoms with van der Waals surface area (Å²) in [6.07, 6.45) is 2.47. The minimum atomic E-state index is -0.789. The fourth-order valence-corrected chi connectivity index (χ4v) is 1.96. The lowest BCUT2D eigenvalue weighted by Crippen LogP contribution is -2.26. The fraction of sp³-hybridized carbons (Fsp3) is 0.600. The minimum Gasteiger partial charge on any atom is -0.404 e. The quantitative estimate of drug-likeness (QED) is 0.592. The zero-order valence-corrected chi connectivity index (χ0v) is 10.7. The lowest BCUT2D eigenvalue weighted by atomic mass is 10.2. The van der Waals surface area contributed by atoms with E-state index in [9.17, 15) is 14.3 Å². The van der Waals surface area contributed by atoms with Crippen molar-refractivity contribution in [3.63, 3.8) is 0 Å². The zero-order valence-electron chi connectivity index (χ0n) is 9.84. The summed E-state index contributed by atoms with van der Waals surface area (Å²) in [5, 5.41) is 13.5. The molecule has 1 N–H and O–H groups in total. The second-order valence-electron chi connectivity index (χ2n) is 3.84. The van der Waals surface area contributed by atoms with Gasteiger partial charge in [-0.15, -0.1) is 0 Å². The molecule has 0 spiro atoms. The van der Waals surface area contributed by atoms with E-state index in [-0.39, 0.29) is 11.9 Å². The van der Waals surface area contributed by atoms with Gasteiger partial charge >= 0.3 is 5.88 Å². The SMILES string of the molecule is CC(CCS(C)=O)NCc1ccc([N+](=O)[O-])o1. The average molecular weight is 260 g/mol.